The van der Waals surface area contributed by atoms with Gasteiger partial charge in [0.2, 0.25) is 5.95 Å². The van der Waals surface area contributed by atoms with Crippen LogP contribution in [0.2, 0.25) is 0 Å². The predicted octanol–water partition coefficient (Wildman–Crippen LogP) is 8.32. The van der Waals surface area contributed by atoms with Crippen LogP contribution in [0.15, 0.2) is 127 Å². The fraction of sp³-hybridized carbons (Fsp3) is 0. The molecule has 2 heterocycles. The first-order chi connectivity index (χ1) is 20.3. The Morgan fingerprint density at radius 1 is 0.537 bits per heavy atom. The summed E-state index contributed by atoms with van der Waals surface area (Å²) in [5.41, 5.74) is 7.61. The van der Waals surface area contributed by atoms with Crippen LogP contribution in [-0.2, 0) is 0 Å². The van der Waals surface area contributed by atoms with Crippen LogP contribution in [0.25, 0.3) is 61.4 Å². The zero-order valence-electron chi connectivity index (χ0n) is 21.9. The summed E-state index contributed by atoms with van der Waals surface area (Å²) in [7, 11) is 0. The molecule has 0 fully saturated rings. The average Bonchev–Trinajstić information content (AvgIpc) is 3.40. The van der Waals surface area contributed by atoms with E-state index in [0.29, 0.717) is 22.6 Å². The van der Waals surface area contributed by atoms with E-state index in [9.17, 15) is 10.5 Å². The van der Waals surface area contributed by atoms with Gasteiger partial charge < -0.3 is 0 Å². The molecule has 0 aliphatic heterocycles. The Labute approximate surface area is 236 Å². The van der Waals surface area contributed by atoms with Gasteiger partial charge in [-0.3, -0.25) is 4.57 Å². The lowest BCUT2D eigenvalue weighted by Crippen LogP contribution is -2.05. The van der Waals surface area contributed by atoms with Crippen molar-refractivity contribution in [1.82, 2.24) is 14.5 Å². The van der Waals surface area contributed by atoms with Crippen molar-refractivity contribution in [3.05, 3.63) is 139 Å². The van der Waals surface area contributed by atoms with Crippen molar-refractivity contribution in [3.63, 3.8) is 0 Å². The summed E-state index contributed by atoms with van der Waals surface area (Å²) in [5, 5.41) is 22.1. The fourth-order valence-corrected chi connectivity index (χ4v) is 5.51. The lowest BCUT2D eigenvalue weighted by molar-refractivity contribution is 0.996. The molecule has 41 heavy (non-hydrogen) atoms. The molecule has 0 radical (unpaired) electrons. The Kier molecular flexibility index (Phi) is 5.82. The molecule has 0 bridgehead atoms. The first-order valence-electron chi connectivity index (χ1n) is 13.2. The summed E-state index contributed by atoms with van der Waals surface area (Å²) in [5.74, 6) is 0.511. The van der Waals surface area contributed by atoms with Crippen LogP contribution in [0.3, 0.4) is 0 Å². The third-order valence-electron chi connectivity index (χ3n) is 7.32. The molecule has 0 atom stereocenters. The van der Waals surface area contributed by atoms with E-state index >= 15 is 0 Å². The second kappa shape index (κ2) is 9.93. The topological polar surface area (TPSA) is 78.3 Å². The largest absolute Gasteiger partial charge is 0.277 e. The molecule has 0 spiro atoms. The molecular weight excluding hydrogens is 502 g/mol. The minimum absolute atomic E-state index is 0.442. The summed E-state index contributed by atoms with van der Waals surface area (Å²) >= 11 is 0. The number of nitrogens with zero attached hydrogens (tertiary/aromatic N) is 5. The van der Waals surface area contributed by atoms with Crippen molar-refractivity contribution in [2.75, 3.05) is 0 Å². The summed E-state index contributed by atoms with van der Waals surface area (Å²) in [4.78, 5) is 10.2. The Balaban J connectivity index is 1.63. The minimum Gasteiger partial charge on any atom is -0.277 e. The summed E-state index contributed by atoms with van der Waals surface area (Å²) in [6, 6.07) is 46.2. The van der Waals surface area contributed by atoms with Gasteiger partial charge in [0.1, 0.15) is 0 Å². The maximum absolute atomic E-state index is 10.0. The smallest absolute Gasteiger partial charge is 0.235 e. The molecule has 0 N–H and O–H groups in total. The molecule has 2 aromatic heterocycles. The van der Waals surface area contributed by atoms with Gasteiger partial charge in [0.15, 0.2) is 0 Å². The molecule has 0 aliphatic carbocycles. The summed E-state index contributed by atoms with van der Waals surface area (Å²) < 4.78 is 2.06. The highest BCUT2D eigenvalue weighted by atomic mass is 15.2. The third kappa shape index (κ3) is 4.01. The zero-order valence-corrected chi connectivity index (χ0v) is 21.9. The maximum atomic E-state index is 10.0. The van der Waals surface area contributed by atoms with Gasteiger partial charge >= 0.3 is 0 Å². The average molecular weight is 524 g/mol. The van der Waals surface area contributed by atoms with Gasteiger partial charge in [-0.15, -0.1) is 0 Å². The normalized spacial score (nSPS) is 10.9. The number of rotatable bonds is 4. The van der Waals surface area contributed by atoms with E-state index in [2.05, 4.69) is 34.9 Å². The SMILES string of the molecule is N#Cc1cccc(C#N)c1-c1cccc2c3ccccc3n(-c3nc(-c4ccccc4)cc(-c4ccccc4)n3)c12. The Morgan fingerprint density at radius 3 is 1.68 bits per heavy atom. The molecule has 190 valence electrons. The highest BCUT2D eigenvalue weighted by Gasteiger charge is 2.22. The van der Waals surface area contributed by atoms with E-state index in [1.807, 2.05) is 91.0 Å². The lowest BCUT2D eigenvalue weighted by Gasteiger charge is -2.14. The number of hydrogen-bond acceptors (Lipinski definition) is 4. The van der Waals surface area contributed by atoms with Crippen molar-refractivity contribution in [3.8, 4) is 51.7 Å². The lowest BCUT2D eigenvalue weighted by atomic mass is 9.93. The van der Waals surface area contributed by atoms with Crippen molar-refractivity contribution >= 4 is 21.8 Å². The Hall–Kier alpha value is -6.04. The van der Waals surface area contributed by atoms with Gasteiger partial charge in [0.05, 0.1) is 45.7 Å². The number of hydrogen-bond donors (Lipinski definition) is 0. The molecule has 7 rings (SSSR count). The van der Waals surface area contributed by atoms with Crippen molar-refractivity contribution < 1.29 is 0 Å². The Bertz CT molecular complexity index is 2070. The molecular formula is C36H21N5. The molecule has 0 aliphatic rings. The molecule has 5 aromatic carbocycles. The standard InChI is InChI=1S/C36H21N5/c37-22-26-15-9-16-27(23-38)34(26)30-19-10-18-29-28-17-7-8-20-33(28)41(35(29)30)36-39-31(24-11-3-1-4-12-24)21-32(40-36)25-13-5-2-6-14-25/h1-21H. The first kappa shape index (κ1) is 24.0. The highest BCUT2D eigenvalue weighted by Crippen LogP contribution is 2.40. The number of para-hydroxylation sites is 2. The highest BCUT2D eigenvalue weighted by molar-refractivity contribution is 6.14. The van der Waals surface area contributed by atoms with Gasteiger partial charge in [-0.25, -0.2) is 9.97 Å². The zero-order chi connectivity index (χ0) is 27.8. The van der Waals surface area contributed by atoms with Gasteiger partial charge in [-0.1, -0.05) is 103 Å². The predicted molar refractivity (Wildman–Crippen MR) is 162 cm³/mol. The monoisotopic (exact) mass is 523 g/mol. The van der Waals surface area contributed by atoms with E-state index in [0.717, 1.165) is 49.9 Å². The van der Waals surface area contributed by atoms with Crippen LogP contribution in [0.4, 0.5) is 0 Å². The van der Waals surface area contributed by atoms with Crippen LogP contribution < -0.4 is 0 Å². The summed E-state index contributed by atoms with van der Waals surface area (Å²) in [6.07, 6.45) is 0. The Morgan fingerprint density at radius 2 is 1.07 bits per heavy atom. The van der Waals surface area contributed by atoms with Crippen molar-refractivity contribution in [1.29, 1.82) is 10.5 Å². The number of nitriles is 2. The molecule has 5 heteroatoms. The van der Waals surface area contributed by atoms with E-state index in [-0.39, 0.29) is 0 Å². The van der Waals surface area contributed by atoms with E-state index in [4.69, 9.17) is 9.97 Å². The van der Waals surface area contributed by atoms with Gasteiger partial charge in [0.25, 0.3) is 0 Å². The maximum Gasteiger partial charge on any atom is 0.235 e. The molecule has 7 aromatic rings. The van der Waals surface area contributed by atoms with Crippen molar-refractivity contribution in [2.24, 2.45) is 0 Å². The van der Waals surface area contributed by atoms with Crippen LogP contribution in [0, 0.1) is 22.7 Å². The fourth-order valence-electron chi connectivity index (χ4n) is 5.51. The van der Waals surface area contributed by atoms with Crippen LogP contribution in [-0.4, -0.2) is 14.5 Å². The quantitative estimate of drug-likeness (QED) is 0.232. The number of fused-ring (bicyclic) bond motifs is 3. The molecule has 0 saturated carbocycles. The van der Waals surface area contributed by atoms with E-state index in [1.165, 1.54) is 0 Å². The summed E-state index contributed by atoms with van der Waals surface area (Å²) in [6.45, 7) is 0. The minimum atomic E-state index is 0.442. The first-order valence-corrected chi connectivity index (χ1v) is 13.2. The van der Waals surface area contributed by atoms with Crippen LogP contribution in [0.1, 0.15) is 11.1 Å². The van der Waals surface area contributed by atoms with Crippen LogP contribution >= 0.6 is 0 Å². The molecule has 0 amide bonds. The number of aromatic nitrogens is 3. The number of benzene rings is 5. The second-order valence-electron chi connectivity index (χ2n) is 9.68. The van der Waals surface area contributed by atoms with Gasteiger partial charge in [0, 0.05) is 33.0 Å². The third-order valence-corrected chi connectivity index (χ3v) is 7.32. The van der Waals surface area contributed by atoms with Gasteiger partial charge in [-0.05, 0) is 24.3 Å². The van der Waals surface area contributed by atoms with Crippen LogP contribution in [0.5, 0.6) is 0 Å². The second-order valence-corrected chi connectivity index (χ2v) is 9.68. The molecule has 0 unspecified atom stereocenters. The van der Waals surface area contributed by atoms with Gasteiger partial charge in [-0.2, -0.15) is 10.5 Å². The molecule has 5 nitrogen and oxygen atoms in total. The van der Waals surface area contributed by atoms with E-state index in [1.54, 1.807) is 18.2 Å². The van der Waals surface area contributed by atoms with E-state index < -0.39 is 0 Å². The molecule has 0 saturated heterocycles. The van der Waals surface area contributed by atoms with Crippen molar-refractivity contribution in [2.45, 2.75) is 0 Å².